The van der Waals surface area contributed by atoms with Crippen LogP contribution in [0.3, 0.4) is 0 Å². The second kappa shape index (κ2) is 6.57. The second-order valence-corrected chi connectivity index (χ2v) is 5.65. The Balaban J connectivity index is 2.26. The summed E-state index contributed by atoms with van der Waals surface area (Å²) in [4.78, 5) is 0. The fourth-order valence-electron chi connectivity index (χ4n) is 1.93. The van der Waals surface area contributed by atoms with Gasteiger partial charge in [0, 0.05) is 23.1 Å². The van der Waals surface area contributed by atoms with Gasteiger partial charge in [-0.25, -0.2) is 4.39 Å². The Morgan fingerprint density at radius 3 is 2.55 bits per heavy atom. The van der Waals surface area contributed by atoms with Gasteiger partial charge >= 0.3 is 0 Å². The zero-order valence-electron chi connectivity index (χ0n) is 10.7. The number of benzene rings is 2. The molecule has 0 amide bonds. The fourth-order valence-corrected chi connectivity index (χ4v) is 2.42. The van der Waals surface area contributed by atoms with E-state index >= 15 is 0 Å². The molecule has 0 saturated heterocycles. The van der Waals surface area contributed by atoms with E-state index in [1.807, 2.05) is 12.1 Å². The molecule has 0 aliphatic carbocycles. The molecular weight excluding hydrogens is 347 g/mol. The van der Waals surface area contributed by atoms with Crippen LogP contribution >= 0.6 is 27.5 Å². The Morgan fingerprint density at radius 2 is 1.95 bits per heavy atom. The number of methoxy groups -OCH3 is 1. The highest BCUT2D eigenvalue weighted by molar-refractivity contribution is 9.10. The standard InChI is InChI=1S/C15H13BrClFO2/c1-20-15-8-13(18)12(16)7-11(15)14(19)6-9-2-4-10(17)5-3-9/h2-5,7-8,14,19H,6H2,1H3. The molecule has 2 aromatic carbocycles. The summed E-state index contributed by atoms with van der Waals surface area (Å²) in [7, 11) is 1.45. The largest absolute Gasteiger partial charge is 0.496 e. The molecule has 0 aliphatic rings. The average Bonchev–Trinajstić information content (AvgIpc) is 2.43. The topological polar surface area (TPSA) is 29.5 Å². The van der Waals surface area contributed by atoms with Crippen LogP contribution in [-0.4, -0.2) is 12.2 Å². The zero-order valence-corrected chi connectivity index (χ0v) is 13.1. The fraction of sp³-hybridized carbons (Fsp3) is 0.200. The van der Waals surface area contributed by atoms with E-state index in [1.165, 1.54) is 19.2 Å². The smallest absolute Gasteiger partial charge is 0.141 e. The van der Waals surface area contributed by atoms with E-state index < -0.39 is 11.9 Å². The minimum absolute atomic E-state index is 0.295. The van der Waals surface area contributed by atoms with E-state index in [0.717, 1.165) is 5.56 Å². The van der Waals surface area contributed by atoms with Crippen molar-refractivity contribution in [3.8, 4) is 5.75 Å². The van der Waals surface area contributed by atoms with Crippen LogP contribution in [0.5, 0.6) is 5.75 Å². The molecule has 1 atom stereocenters. The first kappa shape index (κ1) is 15.3. The predicted octanol–water partition coefficient (Wildman–Crippen LogP) is 4.53. The molecule has 0 fully saturated rings. The summed E-state index contributed by atoms with van der Waals surface area (Å²) in [5.74, 6) is -0.101. The second-order valence-electron chi connectivity index (χ2n) is 4.35. The summed E-state index contributed by atoms with van der Waals surface area (Å²) in [5.41, 5.74) is 1.47. The third kappa shape index (κ3) is 3.51. The van der Waals surface area contributed by atoms with Gasteiger partial charge in [0.2, 0.25) is 0 Å². The molecule has 0 bridgehead atoms. The predicted molar refractivity (Wildman–Crippen MR) is 80.8 cm³/mol. The lowest BCUT2D eigenvalue weighted by Crippen LogP contribution is -2.05. The summed E-state index contributed by atoms with van der Waals surface area (Å²) < 4.78 is 18.9. The van der Waals surface area contributed by atoms with Gasteiger partial charge in [0.05, 0.1) is 17.7 Å². The molecule has 0 heterocycles. The number of aliphatic hydroxyl groups is 1. The maximum absolute atomic E-state index is 13.5. The van der Waals surface area contributed by atoms with Gasteiger partial charge < -0.3 is 9.84 Å². The van der Waals surface area contributed by atoms with E-state index in [4.69, 9.17) is 16.3 Å². The molecule has 5 heteroatoms. The molecule has 0 spiro atoms. The number of aliphatic hydroxyl groups excluding tert-OH is 1. The van der Waals surface area contributed by atoms with Crippen LogP contribution in [0.1, 0.15) is 17.2 Å². The van der Waals surface area contributed by atoms with Crippen LogP contribution in [0.25, 0.3) is 0 Å². The first-order valence-electron chi connectivity index (χ1n) is 5.96. The molecular formula is C15H13BrClFO2. The molecule has 2 aromatic rings. The van der Waals surface area contributed by atoms with Crippen LogP contribution < -0.4 is 4.74 Å². The molecule has 0 aliphatic heterocycles. The Labute approximate surface area is 130 Å². The van der Waals surface area contributed by atoms with Crippen LogP contribution in [-0.2, 0) is 6.42 Å². The van der Waals surface area contributed by atoms with Crippen molar-refractivity contribution in [1.29, 1.82) is 0 Å². The van der Waals surface area contributed by atoms with Crippen LogP contribution in [0, 0.1) is 5.82 Å². The zero-order chi connectivity index (χ0) is 14.7. The SMILES string of the molecule is COc1cc(F)c(Br)cc1C(O)Cc1ccc(Cl)cc1. The maximum Gasteiger partial charge on any atom is 0.141 e. The quantitative estimate of drug-likeness (QED) is 0.869. The van der Waals surface area contributed by atoms with Gasteiger partial charge in [-0.2, -0.15) is 0 Å². The Bertz CT molecular complexity index is 602. The minimum Gasteiger partial charge on any atom is -0.496 e. The third-order valence-corrected chi connectivity index (χ3v) is 3.83. The molecule has 20 heavy (non-hydrogen) atoms. The van der Waals surface area contributed by atoms with E-state index in [9.17, 15) is 9.50 Å². The monoisotopic (exact) mass is 358 g/mol. The van der Waals surface area contributed by atoms with E-state index in [1.54, 1.807) is 12.1 Å². The van der Waals surface area contributed by atoms with Gasteiger partial charge in [-0.3, -0.25) is 0 Å². The molecule has 1 unspecified atom stereocenters. The van der Waals surface area contributed by atoms with Crippen molar-refractivity contribution in [1.82, 2.24) is 0 Å². The van der Waals surface area contributed by atoms with Gasteiger partial charge in [-0.15, -0.1) is 0 Å². The van der Waals surface area contributed by atoms with Gasteiger partial charge in [0.25, 0.3) is 0 Å². The van der Waals surface area contributed by atoms with Gasteiger partial charge in [0.15, 0.2) is 0 Å². The third-order valence-electron chi connectivity index (χ3n) is 2.97. The number of halogens is 3. The van der Waals surface area contributed by atoms with Crippen molar-refractivity contribution in [2.45, 2.75) is 12.5 Å². The van der Waals surface area contributed by atoms with Crippen molar-refractivity contribution >= 4 is 27.5 Å². The molecule has 1 N–H and O–H groups in total. The molecule has 2 nitrogen and oxygen atoms in total. The number of hydrogen-bond donors (Lipinski definition) is 1. The molecule has 106 valence electrons. The summed E-state index contributed by atoms with van der Waals surface area (Å²) >= 11 is 8.93. The summed E-state index contributed by atoms with van der Waals surface area (Å²) in [6, 6.07) is 10.0. The van der Waals surface area contributed by atoms with Crippen molar-refractivity contribution in [2.75, 3.05) is 7.11 Å². The first-order valence-corrected chi connectivity index (χ1v) is 7.14. The average molecular weight is 360 g/mol. The number of rotatable bonds is 4. The number of hydrogen-bond acceptors (Lipinski definition) is 2. The molecule has 0 aromatic heterocycles. The normalized spacial score (nSPS) is 12.2. The van der Waals surface area contributed by atoms with Gasteiger partial charge in [0.1, 0.15) is 11.6 Å². The summed E-state index contributed by atoms with van der Waals surface area (Å²) in [6.45, 7) is 0. The highest BCUT2D eigenvalue weighted by Crippen LogP contribution is 2.32. The molecule has 2 rings (SSSR count). The summed E-state index contributed by atoms with van der Waals surface area (Å²) in [6.07, 6.45) is -0.394. The van der Waals surface area contributed by atoms with E-state index in [-0.39, 0.29) is 0 Å². The van der Waals surface area contributed by atoms with Gasteiger partial charge in [-0.1, -0.05) is 23.7 Å². The van der Waals surface area contributed by atoms with Crippen molar-refractivity contribution in [3.05, 3.63) is 62.8 Å². The van der Waals surface area contributed by atoms with E-state index in [2.05, 4.69) is 15.9 Å². The van der Waals surface area contributed by atoms with Crippen molar-refractivity contribution in [3.63, 3.8) is 0 Å². The Morgan fingerprint density at radius 1 is 1.30 bits per heavy atom. The molecule has 0 radical (unpaired) electrons. The molecule has 0 saturated carbocycles. The lowest BCUT2D eigenvalue weighted by molar-refractivity contribution is 0.173. The van der Waals surface area contributed by atoms with E-state index in [0.29, 0.717) is 27.2 Å². The highest BCUT2D eigenvalue weighted by Gasteiger charge is 2.17. The first-order chi connectivity index (χ1) is 9.51. The van der Waals surface area contributed by atoms with Crippen LogP contribution in [0.2, 0.25) is 5.02 Å². The van der Waals surface area contributed by atoms with Crippen LogP contribution in [0.4, 0.5) is 4.39 Å². The number of ether oxygens (including phenoxy) is 1. The Hall–Kier alpha value is -1.10. The Kier molecular flexibility index (Phi) is 5.02. The highest BCUT2D eigenvalue weighted by atomic mass is 79.9. The van der Waals surface area contributed by atoms with Crippen molar-refractivity contribution < 1.29 is 14.2 Å². The maximum atomic E-state index is 13.5. The van der Waals surface area contributed by atoms with Crippen molar-refractivity contribution in [2.24, 2.45) is 0 Å². The lowest BCUT2D eigenvalue weighted by Gasteiger charge is -2.16. The van der Waals surface area contributed by atoms with Crippen LogP contribution in [0.15, 0.2) is 40.9 Å². The van der Waals surface area contributed by atoms with Gasteiger partial charge in [-0.05, 0) is 39.7 Å². The lowest BCUT2D eigenvalue weighted by atomic mass is 10.0. The summed E-state index contributed by atoms with van der Waals surface area (Å²) in [5, 5.41) is 11.0. The minimum atomic E-state index is -0.789.